The summed E-state index contributed by atoms with van der Waals surface area (Å²) in [6, 6.07) is 7.94. The Labute approximate surface area is 120 Å². The molecule has 1 fully saturated rings. The predicted molar refractivity (Wildman–Crippen MR) is 80.1 cm³/mol. The van der Waals surface area contributed by atoms with Gasteiger partial charge in [0.25, 0.3) is 0 Å². The molecule has 1 heterocycles. The Balaban J connectivity index is 2.32. The van der Waals surface area contributed by atoms with Crippen molar-refractivity contribution in [2.75, 3.05) is 31.1 Å². The van der Waals surface area contributed by atoms with Crippen LogP contribution in [0.4, 0.5) is 5.69 Å². The number of carbonyl (C=O) groups excluding carboxylic acids is 1. The molecule has 4 nitrogen and oxygen atoms in total. The van der Waals surface area contributed by atoms with Gasteiger partial charge < -0.3 is 4.90 Å². The normalized spacial score (nSPS) is 19.7. The molecule has 106 valence electrons. The van der Waals surface area contributed by atoms with Gasteiger partial charge in [-0.05, 0) is 38.6 Å². The molecule has 0 saturated carbocycles. The zero-order valence-corrected chi connectivity index (χ0v) is 12.4. The van der Waals surface area contributed by atoms with Gasteiger partial charge in [-0.2, -0.15) is 5.26 Å². The molecule has 1 aromatic carbocycles. The molecule has 1 aliphatic rings. The van der Waals surface area contributed by atoms with Crippen molar-refractivity contribution in [1.29, 1.82) is 5.26 Å². The second-order valence-electron chi connectivity index (χ2n) is 5.32. The molecule has 0 radical (unpaired) electrons. The maximum absolute atomic E-state index is 11.8. The van der Waals surface area contributed by atoms with Crippen LogP contribution in [0.5, 0.6) is 0 Å². The Kier molecular flexibility index (Phi) is 4.41. The van der Waals surface area contributed by atoms with Gasteiger partial charge in [-0.25, -0.2) is 0 Å². The summed E-state index contributed by atoms with van der Waals surface area (Å²) in [5.74, 6) is 0.0510. The van der Waals surface area contributed by atoms with E-state index in [1.54, 1.807) is 19.1 Å². The Morgan fingerprint density at radius 1 is 1.45 bits per heavy atom. The van der Waals surface area contributed by atoms with Gasteiger partial charge in [0.1, 0.15) is 0 Å². The van der Waals surface area contributed by atoms with Crippen LogP contribution in [-0.4, -0.2) is 42.9 Å². The molecule has 4 heteroatoms. The third-order valence-electron chi connectivity index (χ3n) is 4.02. The van der Waals surface area contributed by atoms with Gasteiger partial charge in [0, 0.05) is 36.9 Å². The molecule has 1 unspecified atom stereocenters. The first-order chi connectivity index (χ1) is 9.56. The van der Waals surface area contributed by atoms with Gasteiger partial charge in [0.05, 0.1) is 11.6 Å². The highest BCUT2D eigenvalue weighted by molar-refractivity contribution is 6.00. The first kappa shape index (κ1) is 14.5. The summed E-state index contributed by atoms with van der Waals surface area (Å²) < 4.78 is 0. The van der Waals surface area contributed by atoms with Crippen molar-refractivity contribution in [2.45, 2.75) is 26.8 Å². The Bertz CT molecular complexity index is 547. The van der Waals surface area contributed by atoms with E-state index in [1.807, 2.05) is 6.07 Å². The fraction of sp³-hybridized carbons (Fsp3) is 0.500. The number of hydrogen-bond acceptors (Lipinski definition) is 4. The average molecular weight is 271 g/mol. The van der Waals surface area contributed by atoms with Gasteiger partial charge in [-0.1, -0.05) is 6.92 Å². The Morgan fingerprint density at radius 3 is 2.75 bits per heavy atom. The fourth-order valence-electron chi connectivity index (χ4n) is 2.84. The zero-order valence-electron chi connectivity index (χ0n) is 12.4. The number of rotatable bonds is 3. The van der Waals surface area contributed by atoms with Crippen molar-refractivity contribution < 1.29 is 4.79 Å². The number of anilines is 1. The van der Waals surface area contributed by atoms with Crippen LogP contribution in [0.25, 0.3) is 0 Å². The van der Waals surface area contributed by atoms with Crippen LogP contribution < -0.4 is 4.90 Å². The van der Waals surface area contributed by atoms with Crippen LogP contribution in [0.3, 0.4) is 0 Å². The van der Waals surface area contributed by atoms with E-state index in [-0.39, 0.29) is 5.78 Å². The van der Waals surface area contributed by atoms with E-state index < -0.39 is 0 Å². The molecular weight excluding hydrogens is 250 g/mol. The average Bonchev–Trinajstić information content (AvgIpc) is 2.46. The maximum Gasteiger partial charge on any atom is 0.161 e. The van der Waals surface area contributed by atoms with E-state index in [9.17, 15) is 4.79 Å². The highest BCUT2D eigenvalue weighted by atomic mass is 16.1. The van der Waals surface area contributed by atoms with Crippen molar-refractivity contribution in [3.8, 4) is 6.07 Å². The van der Waals surface area contributed by atoms with Crippen molar-refractivity contribution in [2.24, 2.45) is 0 Å². The van der Waals surface area contributed by atoms with E-state index in [0.717, 1.165) is 31.9 Å². The lowest BCUT2D eigenvalue weighted by Gasteiger charge is -2.41. The number of hydrogen-bond donors (Lipinski definition) is 0. The van der Waals surface area contributed by atoms with Crippen LogP contribution in [0.1, 0.15) is 36.7 Å². The van der Waals surface area contributed by atoms with Crippen LogP contribution in [-0.2, 0) is 0 Å². The predicted octanol–water partition coefficient (Wildman–Crippen LogP) is 2.29. The number of Topliss-reactive ketones (excluding diaryl/α,β-unsaturated/α-hetero) is 1. The maximum atomic E-state index is 11.8. The van der Waals surface area contributed by atoms with Crippen LogP contribution in [0.15, 0.2) is 18.2 Å². The lowest BCUT2D eigenvalue weighted by atomic mass is 10.0. The molecule has 0 spiro atoms. The Morgan fingerprint density at radius 2 is 2.20 bits per heavy atom. The largest absolute Gasteiger partial charge is 0.368 e. The SMILES string of the molecule is CCN1CCN(c2cc(C#N)ccc2C(C)=O)CC1C. The van der Waals surface area contributed by atoms with Crippen LogP contribution in [0.2, 0.25) is 0 Å². The summed E-state index contributed by atoms with van der Waals surface area (Å²) in [7, 11) is 0. The second kappa shape index (κ2) is 6.06. The molecular formula is C16H21N3O. The molecule has 0 amide bonds. The molecule has 0 N–H and O–H groups in total. The van der Waals surface area contributed by atoms with Gasteiger partial charge in [-0.3, -0.25) is 9.69 Å². The highest BCUT2D eigenvalue weighted by Crippen LogP contribution is 2.25. The molecule has 1 aliphatic heterocycles. The number of nitriles is 1. The van der Waals surface area contributed by atoms with Gasteiger partial charge in [-0.15, -0.1) is 0 Å². The van der Waals surface area contributed by atoms with Crippen LogP contribution >= 0.6 is 0 Å². The third kappa shape index (κ3) is 2.83. The summed E-state index contributed by atoms with van der Waals surface area (Å²) in [6.07, 6.45) is 0. The topological polar surface area (TPSA) is 47.3 Å². The van der Waals surface area contributed by atoms with Crippen molar-refractivity contribution in [3.05, 3.63) is 29.3 Å². The number of benzene rings is 1. The fourth-order valence-corrected chi connectivity index (χ4v) is 2.84. The minimum atomic E-state index is 0.0510. The number of likely N-dealkylation sites (N-methyl/N-ethyl adjacent to an activating group) is 1. The summed E-state index contributed by atoms with van der Waals surface area (Å²) in [5.41, 5.74) is 2.22. The van der Waals surface area contributed by atoms with Gasteiger partial charge in [0.15, 0.2) is 5.78 Å². The number of carbonyl (C=O) groups is 1. The van der Waals surface area contributed by atoms with Crippen molar-refractivity contribution >= 4 is 11.5 Å². The third-order valence-corrected chi connectivity index (χ3v) is 4.02. The van der Waals surface area contributed by atoms with Gasteiger partial charge in [0.2, 0.25) is 0 Å². The molecule has 20 heavy (non-hydrogen) atoms. The minimum Gasteiger partial charge on any atom is -0.368 e. The summed E-state index contributed by atoms with van der Waals surface area (Å²) in [5, 5.41) is 9.06. The minimum absolute atomic E-state index is 0.0510. The van der Waals surface area contributed by atoms with Crippen molar-refractivity contribution in [3.63, 3.8) is 0 Å². The zero-order chi connectivity index (χ0) is 14.7. The molecule has 1 saturated heterocycles. The Hall–Kier alpha value is -1.86. The molecule has 0 bridgehead atoms. The monoisotopic (exact) mass is 271 g/mol. The molecule has 0 aliphatic carbocycles. The highest BCUT2D eigenvalue weighted by Gasteiger charge is 2.24. The van der Waals surface area contributed by atoms with Crippen LogP contribution in [0, 0.1) is 11.3 Å². The molecule has 2 rings (SSSR count). The number of ketones is 1. The number of piperazine rings is 1. The number of nitrogens with zero attached hydrogens (tertiary/aromatic N) is 3. The summed E-state index contributed by atoms with van der Waals surface area (Å²) in [6.45, 7) is 9.78. The van der Waals surface area contributed by atoms with E-state index in [4.69, 9.17) is 5.26 Å². The quantitative estimate of drug-likeness (QED) is 0.791. The van der Waals surface area contributed by atoms with Crippen molar-refractivity contribution in [1.82, 2.24) is 4.90 Å². The summed E-state index contributed by atoms with van der Waals surface area (Å²) >= 11 is 0. The summed E-state index contributed by atoms with van der Waals surface area (Å²) in [4.78, 5) is 16.4. The smallest absolute Gasteiger partial charge is 0.161 e. The molecule has 1 atom stereocenters. The van der Waals surface area contributed by atoms with E-state index in [0.29, 0.717) is 17.2 Å². The first-order valence-corrected chi connectivity index (χ1v) is 7.11. The van der Waals surface area contributed by atoms with E-state index in [1.165, 1.54) is 0 Å². The first-order valence-electron chi connectivity index (χ1n) is 7.11. The lowest BCUT2D eigenvalue weighted by Crippen LogP contribution is -2.52. The second-order valence-corrected chi connectivity index (χ2v) is 5.32. The van der Waals surface area contributed by atoms with E-state index >= 15 is 0 Å². The molecule has 0 aromatic heterocycles. The standard InChI is InChI=1S/C16H21N3O/c1-4-18-7-8-19(11-12(18)2)16-9-14(10-17)5-6-15(16)13(3)20/h5-6,9,12H,4,7-8,11H2,1-3H3. The van der Waals surface area contributed by atoms with E-state index in [2.05, 4.69) is 29.7 Å². The lowest BCUT2D eigenvalue weighted by molar-refractivity contribution is 0.101. The van der Waals surface area contributed by atoms with Gasteiger partial charge >= 0.3 is 0 Å². The molecule has 1 aromatic rings.